The Morgan fingerprint density at radius 3 is 2.32 bits per heavy atom. The maximum absolute atomic E-state index is 11.4. The molecule has 0 aromatic heterocycles. The standard InChI is InChI=1S/C24H29NO3/c1-27-22-13-9-19(10-14-22)24(26)16-20-11-12-21(17-24)25(20)15-5-7-18-6-3-4-8-23(18)28-2/h3-10,13-14,20-21,26H,11-12,15-17H2,1-2H3/b7-5+. The van der Waals surface area contributed by atoms with Gasteiger partial charge in [-0.25, -0.2) is 0 Å². The van der Waals surface area contributed by atoms with Crippen molar-refractivity contribution in [3.05, 3.63) is 65.7 Å². The first-order valence-corrected chi connectivity index (χ1v) is 10.1. The van der Waals surface area contributed by atoms with Gasteiger partial charge in [-0.05, 0) is 49.4 Å². The van der Waals surface area contributed by atoms with Crippen molar-refractivity contribution in [1.29, 1.82) is 0 Å². The number of aliphatic hydroxyl groups is 1. The van der Waals surface area contributed by atoms with E-state index in [2.05, 4.69) is 23.1 Å². The zero-order chi connectivity index (χ0) is 19.6. The van der Waals surface area contributed by atoms with Crippen molar-refractivity contribution in [1.82, 2.24) is 4.90 Å². The molecule has 28 heavy (non-hydrogen) atoms. The van der Waals surface area contributed by atoms with E-state index in [1.165, 1.54) is 0 Å². The summed E-state index contributed by atoms with van der Waals surface area (Å²) in [6.07, 6.45) is 8.26. The molecule has 0 spiro atoms. The van der Waals surface area contributed by atoms with Crippen LogP contribution in [0.15, 0.2) is 54.6 Å². The highest BCUT2D eigenvalue weighted by Gasteiger charge is 2.47. The van der Waals surface area contributed by atoms with Gasteiger partial charge < -0.3 is 14.6 Å². The first kappa shape index (κ1) is 19.0. The summed E-state index contributed by atoms with van der Waals surface area (Å²) < 4.78 is 10.7. The molecule has 2 atom stereocenters. The van der Waals surface area contributed by atoms with Crippen molar-refractivity contribution < 1.29 is 14.6 Å². The minimum Gasteiger partial charge on any atom is -0.497 e. The molecule has 1 N–H and O–H groups in total. The lowest BCUT2D eigenvalue weighted by Gasteiger charge is -2.43. The summed E-state index contributed by atoms with van der Waals surface area (Å²) in [5, 5.41) is 11.4. The van der Waals surface area contributed by atoms with Crippen LogP contribution >= 0.6 is 0 Å². The fraction of sp³-hybridized carbons (Fsp3) is 0.417. The quantitative estimate of drug-likeness (QED) is 0.816. The Kier molecular flexibility index (Phi) is 5.42. The molecule has 2 heterocycles. The lowest BCUT2D eigenvalue weighted by atomic mass is 9.80. The molecule has 2 fully saturated rings. The zero-order valence-corrected chi connectivity index (χ0v) is 16.7. The number of nitrogens with zero attached hydrogens (tertiary/aromatic N) is 1. The van der Waals surface area contributed by atoms with Gasteiger partial charge in [0.2, 0.25) is 0 Å². The van der Waals surface area contributed by atoms with Crippen LogP contribution in [0.2, 0.25) is 0 Å². The number of fused-ring (bicyclic) bond motifs is 2. The highest BCUT2D eigenvalue weighted by molar-refractivity contribution is 5.57. The fourth-order valence-electron chi connectivity index (χ4n) is 4.86. The summed E-state index contributed by atoms with van der Waals surface area (Å²) in [6, 6.07) is 16.8. The minimum absolute atomic E-state index is 0.424. The molecule has 4 nitrogen and oxygen atoms in total. The Morgan fingerprint density at radius 1 is 1.00 bits per heavy atom. The molecule has 2 aromatic rings. The monoisotopic (exact) mass is 379 g/mol. The Bertz CT molecular complexity index is 816. The van der Waals surface area contributed by atoms with Crippen molar-refractivity contribution in [3.8, 4) is 11.5 Å². The Balaban J connectivity index is 1.44. The highest BCUT2D eigenvalue weighted by atomic mass is 16.5. The summed E-state index contributed by atoms with van der Waals surface area (Å²) in [6.45, 7) is 0.909. The van der Waals surface area contributed by atoms with Crippen molar-refractivity contribution in [3.63, 3.8) is 0 Å². The van der Waals surface area contributed by atoms with Crippen molar-refractivity contribution >= 4 is 6.08 Å². The second-order valence-electron chi connectivity index (χ2n) is 7.89. The lowest BCUT2D eigenvalue weighted by molar-refractivity contribution is -0.0535. The summed E-state index contributed by atoms with van der Waals surface area (Å²) in [5.74, 6) is 1.73. The molecule has 2 saturated heterocycles. The summed E-state index contributed by atoms with van der Waals surface area (Å²) in [7, 11) is 3.37. The molecule has 0 saturated carbocycles. The third-order valence-electron chi connectivity index (χ3n) is 6.30. The second-order valence-corrected chi connectivity index (χ2v) is 7.89. The van der Waals surface area contributed by atoms with Crippen LogP contribution in [0.1, 0.15) is 36.8 Å². The van der Waals surface area contributed by atoms with Gasteiger partial charge in [-0.2, -0.15) is 0 Å². The SMILES string of the molecule is COc1ccc(C2(O)CC3CCC(C2)N3C/C=C/c2ccccc2OC)cc1. The fourth-order valence-corrected chi connectivity index (χ4v) is 4.86. The first-order chi connectivity index (χ1) is 13.6. The van der Waals surface area contributed by atoms with Crippen LogP contribution in [-0.4, -0.2) is 42.9 Å². The largest absolute Gasteiger partial charge is 0.497 e. The van der Waals surface area contributed by atoms with Gasteiger partial charge in [-0.15, -0.1) is 0 Å². The van der Waals surface area contributed by atoms with Crippen LogP contribution < -0.4 is 9.47 Å². The van der Waals surface area contributed by atoms with E-state index in [4.69, 9.17) is 9.47 Å². The number of ether oxygens (including phenoxy) is 2. The Morgan fingerprint density at radius 2 is 1.68 bits per heavy atom. The van der Waals surface area contributed by atoms with Gasteiger partial charge in [0, 0.05) is 24.2 Å². The number of para-hydroxylation sites is 1. The molecule has 4 heteroatoms. The van der Waals surface area contributed by atoms with Crippen LogP contribution in [0.5, 0.6) is 11.5 Å². The molecule has 2 unspecified atom stereocenters. The van der Waals surface area contributed by atoms with E-state index in [-0.39, 0.29) is 0 Å². The van der Waals surface area contributed by atoms with Gasteiger partial charge in [-0.1, -0.05) is 42.5 Å². The average Bonchev–Trinajstić information content (AvgIpc) is 2.98. The van der Waals surface area contributed by atoms with Gasteiger partial charge in [0.05, 0.1) is 19.8 Å². The molecule has 2 aliphatic heterocycles. The van der Waals surface area contributed by atoms with Crippen molar-refractivity contribution in [2.45, 2.75) is 43.4 Å². The van der Waals surface area contributed by atoms with Gasteiger partial charge in [-0.3, -0.25) is 4.90 Å². The number of hydrogen-bond acceptors (Lipinski definition) is 4. The minimum atomic E-state index is -0.735. The predicted octanol–water partition coefficient (Wildman–Crippen LogP) is 4.23. The molecule has 2 aliphatic rings. The maximum atomic E-state index is 11.4. The van der Waals surface area contributed by atoms with E-state index in [1.54, 1.807) is 14.2 Å². The van der Waals surface area contributed by atoms with E-state index in [9.17, 15) is 5.11 Å². The molecular weight excluding hydrogens is 350 g/mol. The lowest BCUT2D eigenvalue weighted by Crippen LogP contribution is -2.49. The first-order valence-electron chi connectivity index (χ1n) is 10.1. The molecule has 0 radical (unpaired) electrons. The van der Waals surface area contributed by atoms with Crippen LogP contribution in [0.25, 0.3) is 6.08 Å². The number of hydrogen-bond donors (Lipinski definition) is 1. The van der Waals surface area contributed by atoms with Crippen molar-refractivity contribution in [2.75, 3.05) is 20.8 Å². The molecular formula is C24H29NO3. The van der Waals surface area contributed by atoms with Crippen LogP contribution in [0.4, 0.5) is 0 Å². The number of rotatable bonds is 6. The summed E-state index contributed by atoms with van der Waals surface area (Å²) >= 11 is 0. The smallest absolute Gasteiger partial charge is 0.126 e. The van der Waals surface area contributed by atoms with Crippen LogP contribution in [-0.2, 0) is 5.60 Å². The van der Waals surface area contributed by atoms with Gasteiger partial charge in [0.25, 0.3) is 0 Å². The van der Waals surface area contributed by atoms with E-state index >= 15 is 0 Å². The molecule has 4 rings (SSSR count). The molecule has 2 bridgehead atoms. The highest BCUT2D eigenvalue weighted by Crippen LogP contribution is 2.45. The maximum Gasteiger partial charge on any atom is 0.126 e. The van der Waals surface area contributed by atoms with Gasteiger partial charge in [0.15, 0.2) is 0 Å². The van der Waals surface area contributed by atoms with E-state index < -0.39 is 5.60 Å². The zero-order valence-electron chi connectivity index (χ0n) is 16.7. The Hall–Kier alpha value is -2.30. The van der Waals surface area contributed by atoms with Gasteiger partial charge in [0.1, 0.15) is 11.5 Å². The average molecular weight is 380 g/mol. The summed E-state index contributed by atoms with van der Waals surface area (Å²) in [5.41, 5.74) is 1.37. The second kappa shape index (κ2) is 7.98. The Labute approximate surface area is 167 Å². The molecule has 2 aromatic carbocycles. The van der Waals surface area contributed by atoms with E-state index in [0.717, 1.165) is 54.9 Å². The van der Waals surface area contributed by atoms with Gasteiger partial charge >= 0.3 is 0 Å². The third-order valence-corrected chi connectivity index (χ3v) is 6.30. The summed E-state index contributed by atoms with van der Waals surface area (Å²) in [4.78, 5) is 2.56. The number of benzene rings is 2. The van der Waals surface area contributed by atoms with Crippen molar-refractivity contribution in [2.24, 2.45) is 0 Å². The topological polar surface area (TPSA) is 41.9 Å². The predicted molar refractivity (Wildman–Crippen MR) is 112 cm³/mol. The number of piperidine rings is 1. The van der Waals surface area contributed by atoms with E-state index in [1.807, 2.05) is 42.5 Å². The van der Waals surface area contributed by atoms with E-state index in [0.29, 0.717) is 12.1 Å². The molecule has 148 valence electrons. The molecule has 0 amide bonds. The van der Waals surface area contributed by atoms with Crippen LogP contribution in [0.3, 0.4) is 0 Å². The van der Waals surface area contributed by atoms with Crippen LogP contribution in [0, 0.1) is 0 Å². The number of methoxy groups -OCH3 is 2. The normalized spacial score (nSPS) is 27.2. The molecule has 0 aliphatic carbocycles. The third kappa shape index (κ3) is 3.67.